The first-order chi connectivity index (χ1) is 20.1. The standard InChI is InChI=1S/C32H37Cl2N3O4S/c1-3-30(32(39)35-26-10-6-4-7-11-26)36(21-24-15-17-25(33)18-16-24)31(38)22-37(27-19-14-23(2)29(34)20-27)42(40,41)28-12-8-5-9-13-28/h5,8-9,12-20,26,30H,3-4,6-7,10-11,21-22H2,1-2H3,(H,35,39)/t30-/m0/s1. The van der Waals surface area contributed by atoms with Crippen molar-refractivity contribution in [3.8, 4) is 0 Å². The number of sulfonamides is 1. The molecular weight excluding hydrogens is 593 g/mol. The van der Waals surface area contributed by atoms with Crippen molar-refractivity contribution in [2.75, 3.05) is 10.8 Å². The molecule has 1 saturated carbocycles. The van der Waals surface area contributed by atoms with Gasteiger partial charge in [-0.2, -0.15) is 0 Å². The lowest BCUT2D eigenvalue weighted by Gasteiger charge is -2.34. The van der Waals surface area contributed by atoms with Crippen molar-refractivity contribution in [1.29, 1.82) is 0 Å². The number of hydrogen-bond donors (Lipinski definition) is 1. The lowest BCUT2D eigenvalue weighted by atomic mass is 9.95. The number of carbonyl (C=O) groups is 2. The van der Waals surface area contributed by atoms with Crippen molar-refractivity contribution < 1.29 is 18.0 Å². The summed E-state index contributed by atoms with van der Waals surface area (Å²) in [6.45, 7) is 3.27. The highest BCUT2D eigenvalue weighted by atomic mass is 35.5. The van der Waals surface area contributed by atoms with Gasteiger partial charge in [-0.25, -0.2) is 8.42 Å². The molecule has 10 heteroatoms. The summed E-state index contributed by atoms with van der Waals surface area (Å²) in [5.41, 5.74) is 1.81. The lowest BCUT2D eigenvalue weighted by molar-refractivity contribution is -0.140. The first kappa shape index (κ1) is 31.9. The molecule has 0 aromatic heterocycles. The molecule has 3 aromatic carbocycles. The van der Waals surface area contributed by atoms with E-state index in [0.717, 1.165) is 47.5 Å². The van der Waals surface area contributed by atoms with Crippen molar-refractivity contribution in [1.82, 2.24) is 10.2 Å². The van der Waals surface area contributed by atoms with Crippen LogP contribution in [0.4, 0.5) is 5.69 Å². The minimum absolute atomic E-state index is 0.0424. The maximum Gasteiger partial charge on any atom is 0.264 e. The highest BCUT2D eigenvalue weighted by Gasteiger charge is 2.34. The van der Waals surface area contributed by atoms with E-state index in [9.17, 15) is 18.0 Å². The zero-order chi connectivity index (χ0) is 30.3. The number of rotatable bonds is 11. The summed E-state index contributed by atoms with van der Waals surface area (Å²) in [6.07, 6.45) is 5.44. The van der Waals surface area contributed by atoms with Crippen molar-refractivity contribution in [3.05, 3.63) is 94.0 Å². The van der Waals surface area contributed by atoms with Gasteiger partial charge in [-0.3, -0.25) is 13.9 Å². The first-order valence-corrected chi connectivity index (χ1v) is 16.5. The van der Waals surface area contributed by atoms with E-state index in [0.29, 0.717) is 16.5 Å². The Bertz CT molecular complexity index is 1480. The fourth-order valence-corrected chi connectivity index (χ4v) is 6.96. The first-order valence-electron chi connectivity index (χ1n) is 14.3. The van der Waals surface area contributed by atoms with Crippen molar-refractivity contribution >= 4 is 50.7 Å². The molecule has 42 heavy (non-hydrogen) atoms. The van der Waals surface area contributed by atoms with Crippen LogP contribution in [-0.4, -0.2) is 43.8 Å². The molecule has 1 N–H and O–H groups in total. The number of aryl methyl sites for hydroxylation is 1. The summed E-state index contributed by atoms with van der Waals surface area (Å²) in [5, 5.41) is 4.08. The van der Waals surface area contributed by atoms with Gasteiger partial charge in [0.2, 0.25) is 11.8 Å². The van der Waals surface area contributed by atoms with Gasteiger partial charge in [0.1, 0.15) is 12.6 Å². The number of anilines is 1. The van der Waals surface area contributed by atoms with E-state index >= 15 is 0 Å². The van der Waals surface area contributed by atoms with Crippen LogP contribution in [0.15, 0.2) is 77.7 Å². The largest absolute Gasteiger partial charge is 0.352 e. The van der Waals surface area contributed by atoms with Crippen LogP contribution in [0.2, 0.25) is 10.0 Å². The smallest absolute Gasteiger partial charge is 0.264 e. The quantitative estimate of drug-likeness (QED) is 0.254. The van der Waals surface area contributed by atoms with E-state index < -0.39 is 28.5 Å². The number of halogens is 2. The topological polar surface area (TPSA) is 86.8 Å². The molecule has 0 heterocycles. The Morgan fingerprint density at radius 1 is 0.952 bits per heavy atom. The van der Waals surface area contributed by atoms with Gasteiger partial charge in [0, 0.05) is 22.6 Å². The van der Waals surface area contributed by atoms with Crippen LogP contribution >= 0.6 is 23.2 Å². The second-order valence-electron chi connectivity index (χ2n) is 10.7. The molecule has 4 rings (SSSR count). The molecule has 0 radical (unpaired) electrons. The van der Waals surface area contributed by atoms with Gasteiger partial charge < -0.3 is 10.2 Å². The molecule has 3 aromatic rings. The fourth-order valence-electron chi connectivity index (χ4n) is 5.24. The Kier molecular flexibility index (Phi) is 10.9. The maximum absolute atomic E-state index is 14.2. The second-order valence-corrected chi connectivity index (χ2v) is 13.4. The Morgan fingerprint density at radius 2 is 1.62 bits per heavy atom. The molecular formula is C32H37Cl2N3O4S. The highest BCUT2D eigenvalue weighted by Crippen LogP contribution is 2.29. The SMILES string of the molecule is CC[C@@H](C(=O)NC1CCCCC1)N(Cc1ccc(Cl)cc1)C(=O)CN(c1ccc(C)c(Cl)c1)S(=O)(=O)c1ccccc1. The van der Waals surface area contributed by atoms with Gasteiger partial charge in [-0.1, -0.05) is 85.8 Å². The molecule has 1 aliphatic carbocycles. The van der Waals surface area contributed by atoms with Crippen molar-refractivity contribution in [2.45, 2.75) is 75.9 Å². The molecule has 0 aliphatic heterocycles. The number of hydrogen-bond acceptors (Lipinski definition) is 4. The van der Waals surface area contributed by atoms with E-state index in [4.69, 9.17) is 23.2 Å². The average molecular weight is 631 g/mol. The summed E-state index contributed by atoms with van der Waals surface area (Å²) >= 11 is 12.5. The van der Waals surface area contributed by atoms with Gasteiger partial charge in [0.15, 0.2) is 0 Å². The number of carbonyl (C=O) groups excluding carboxylic acids is 2. The van der Waals surface area contributed by atoms with E-state index in [1.54, 1.807) is 60.7 Å². The average Bonchev–Trinajstić information content (AvgIpc) is 2.99. The zero-order valence-electron chi connectivity index (χ0n) is 23.9. The van der Waals surface area contributed by atoms with Gasteiger partial charge in [0.05, 0.1) is 10.6 Å². The third kappa shape index (κ3) is 7.85. The van der Waals surface area contributed by atoms with Crippen LogP contribution in [0.25, 0.3) is 0 Å². The molecule has 2 amide bonds. The summed E-state index contributed by atoms with van der Waals surface area (Å²) in [5.74, 6) is -0.741. The van der Waals surface area contributed by atoms with E-state index in [1.807, 2.05) is 13.8 Å². The second kappa shape index (κ2) is 14.4. The van der Waals surface area contributed by atoms with Crippen LogP contribution in [0.5, 0.6) is 0 Å². The Morgan fingerprint density at radius 3 is 2.24 bits per heavy atom. The van der Waals surface area contributed by atoms with Crippen LogP contribution in [0.3, 0.4) is 0 Å². The molecule has 1 fully saturated rings. The Labute approximate surface area is 258 Å². The van der Waals surface area contributed by atoms with Crippen molar-refractivity contribution in [3.63, 3.8) is 0 Å². The Balaban J connectivity index is 1.71. The molecule has 0 unspecified atom stereocenters. The van der Waals surface area contributed by atoms with Crippen molar-refractivity contribution in [2.24, 2.45) is 0 Å². The minimum atomic E-state index is -4.16. The summed E-state index contributed by atoms with van der Waals surface area (Å²) in [6, 6.07) is 19.2. The predicted octanol–water partition coefficient (Wildman–Crippen LogP) is 6.75. The van der Waals surface area contributed by atoms with Crippen LogP contribution in [0.1, 0.15) is 56.6 Å². The summed E-state index contributed by atoms with van der Waals surface area (Å²) in [4.78, 5) is 29.3. The lowest BCUT2D eigenvalue weighted by Crippen LogP contribution is -2.54. The van der Waals surface area contributed by atoms with Crippen LogP contribution in [0, 0.1) is 6.92 Å². The summed E-state index contributed by atoms with van der Waals surface area (Å²) < 4.78 is 28.9. The number of nitrogens with zero attached hydrogens (tertiary/aromatic N) is 2. The molecule has 0 saturated heterocycles. The normalized spacial score (nSPS) is 14.7. The van der Waals surface area contributed by atoms with Gasteiger partial charge in [0.25, 0.3) is 10.0 Å². The molecule has 0 bridgehead atoms. The van der Waals surface area contributed by atoms with Crippen LogP contribution in [-0.2, 0) is 26.2 Å². The summed E-state index contributed by atoms with van der Waals surface area (Å²) in [7, 11) is -4.16. The number of benzene rings is 3. The minimum Gasteiger partial charge on any atom is -0.352 e. The zero-order valence-corrected chi connectivity index (χ0v) is 26.3. The van der Waals surface area contributed by atoms with Gasteiger partial charge in [-0.05, 0) is 73.7 Å². The van der Waals surface area contributed by atoms with Crippen LogP contribution < -0.4 is 9.62 Å². The van der Waals surface area contributed by atoms with E-state index in [-0.39, 0.29) is 29.1 Å². The molecule has 7 nitrogen and oxygen atoms in total. The molecule has 0 spiro atoms. The van der Waals surface area contributed by atoms with E-state index in [1.165, 1.54) is 17.0 Å². The maximum atomic E-state index is 14.2. The predicted molar refractivity (Wildman–Crippen MR) is 168 cm³/mol. The molecule has 1 atom stereocenters. The number of nitrogens with one attached hydrogen (secondary N) is 1. The van der Waals surface area contributed by atoms with Gasteiger partial charge >= 0.3 is 0 Å². The monoisotopic (exact) mass is 629 g/mol. The fraction of sp³-hybridized carbons (Fsp3) is 0.375. The Hall–Kier alpha value is -3.07. The number of amides is 2. The third-order valence-electron chi connectivity index (χ3n) is 7.66. The molecule has 1 aliphatic rings. The van der Waals surface area contributed by atoms with Gasteiger partial charge in [-0.15, -0.1) is 0 Å². The highest BCUT2D eigenvalue weighted by molar-refractivity contribution is 7.92. The molecule has 224 valence electrons. The third-order valence-corrected chi connectivity index (χ3v) is 10.1. The van der Waals surface area contributed by atoms with E-state index in [2.05, 4.69) is 5.32 Å².